The fourth-order valence-corrected chi connectivity index (χ4v) is 2.27. The van der Waals surface area contributed by atoms with E-state index in [1.807, 2.05) is 0 Å². The van der Waals surface area contributed by atoms with E-state index in [1.165, 1.54) is 30.2 Å². The van der Waals surface area contributed by atoms with Gasteiger partial charge in [0.2, 0.25) is 0 Å². The van der Waals surface area contributed by atoms with Gasteiger partial charge in [-0.25, -0.2) is 9.59 Å². The molecule has 1 fully saturated rings. The van der Waals surface area contributed by atoms with E-state index in [0.29, 0.717) is 24.1 Å². The fraction of sp³-hybridized carbons (Fsp3) is 0.500. The lowest BCUT2D eigenvalue weighted by Crippen LogP contribution is -2.31. The van der Waals surface area contributed by atoms with Gasteiger partial charge >= 0.3 is 12.0 Å². The third-order valence-corrected chi connectivity index (χ3v) is 3.53. The highest BCUT2D eigenvalue weighted by atomic mass is 32.1. The Morgan fingerprint density at radius 2 is 2.26 bits per heavy atom. The van der Waals surface area contributed by atoms with E-state index in [2.05, 4.69) is 10.6 Å². The smallest absolute Gasteiger partial charge is 0.338 e. The zero-order valence-electron chi connectivity index (χ0n) is 10.3. The molecule has 6 nitrogen and oxygen atoms in total. The number of ether oxygens (including phenoxy) is 1. The van der Waals surface area contributed by atoms with Crippen molar-refractivity contribution in [3.05, 3.63) is 17.0 Å². The van der Waals surface area contributed by atoms with Crippen LogP contribution in [-0.2, 0) is 4.74 Å². The molecule has 0 aliphatic heterocycles. The molecule has 2 amide bonds. The van der Waals surface area contributed by atoms with Crippen LogP contribution in [0, 0.1) is 5.92 Å². The van der Waals surface area contributed by atoms with Gasteiger partial charge in [-0.05, 0) is 30.2 Å². The summed E-state index contributed by atoms with van der Waals surface area (Å²) in [6.07, 6.45) is 2.48. The molecule has 104 valence electrons. The monoisotopic (exact) mass is 284 g/mol. The molecular weight excluding hydrogens is 268 g/mol. The lowest BCUT2D eigenvalue weighted by molar-refractivity contribution is 0.0698. The second kappa shape index (κ2) is 6.53. The Kier molecular flexibility index (Phi) is 4.75. The van der Waals surface area contributed by atoms with Crippen LogP contribution < -0.4 is 10.6 Å². The van der Waals surface area contributed by atoms with Crippen LogP contribution in [-0.4, -0.2) is 36.9 Å². The Morgan fingerprint density at radius 3 is 2.95 bits per heavy atom. The van der Waals surface area contributed by atoms with Crippen LogP contribution in [0.4, 0.5) is 9.80 Å². The predicted molar refractivity (Wildman–Crippen MR) is 71.8 cm³/mol. The van der Waals surface area contributed by atoms with Crippen LogP contribution in [0.25, 0.3) is 0 Å². The summed E-state index contributed by atoms with van der Waals surface area (Å²) >= 11 is 1.18. The molecule has 0 spiro atoms. The van der Waals surface area contributed by atoms with Crippen molar-refractivity contribution in [2.45, 2.75) is 12.8 Å². The van der Waals surface area contributed by atoms with Gasteiger partial charge < -0.3 is 15.2 Å². The first-order valence-electron chi connectivity index (χ1n) is 6.10. The normalized spacial score (nSPS) is 14.1. The molecule has 2 rings (SSSR count). The Morgan fingerprint density at radius 1 is 1.47 bits per heavy atom. The summed E-state index contributed by atoms with van der Waals surface area (Å²) in [5.41, 5.74) is 0.102. The van der Waals surface area contributed by atoms with Crippen LogP contribution in [0.1, 0.15) is 23.2 Å². The zero-order valence-corrected chi connectivity index (χ0v) is 11.2. The van der Waals surface area contributed by atoms with Crippen molar-refractivity contribution in [1.29, 1.82) is 0 Å². The maximum atomic E-state index is 11.5. The lowest BCUT2D eigenvalue weighted by Gasteiger charge is -2.07. The van der Waals surface area contributed by atoms with Crippen molar-refractivity contribution in [2.24, 2.45) is 5.92 Å². The number of carboxylic acid groups (broad SMARTS) is 1. The van der Waals surface area contributed by atoms with Gasteiger partial charge in [-0.1, -0.05) is 0 Å². The minimum Gasteiger partial charge on any atom is -0.478 e. The number of thiophene rings is 1. The summed E-state index contributed by atoms with van der Waals surface area (Å²) in [7, 11) is 0. The lowest BCUT2D eigenvalue weighted by atomic mass is 10.3. The maximum absolute atomic E-state index is 11.5. The molecule has 1 aliphatic carbocycles. The van der Waals surface area contributed by atoms with Crippen molar-refractivity contribution in [2.75, 3.05) is 25.1 Å². The molecule has 1 aromatic heterocycles. The number of hydrogen-bond donors (Lipinski definition) is 3. The molecule has 1 aliphatic rings. The highest BCUT2D eigenvalue weighted by Crippen LogP contribution is 2.28. The van der Waals surface area contributed by atoms with Crippen LogP contribution >= 0.6 is 11.3 Å². The number of aromatic carboxylic acids is 1. The van der Waals surface area contributed by atoms with E-state index in [-0.39, 0.29) is 5.56 Å². The van der Waals surface area contributed by atoms with Gasteiger partial charge in [-0.15, -0.1) is 11.3 Å². The number of carbonyl (C=O) groups excluding carboxylic acids is 1. The second-order valence-corrected chi connectivity index (χ2v) is 5.28. The minimum absolute atomic E-state index is 0.102. The zero-order chi connectivity index (χ0) is 13.7. The molecule has 1 saturated carbocycles. The molecule has 19 heavy (non-hydrogen) atoms. The molecule has 0 bridgehead atoms. The molecule has 1 heterocycles. The average Bonchev–Trinajstić information content (AvgIpc) is 3.06. The first kappa shape index (κ1) is 13.8. The quantitative estimate of drug-likeness (QED) is 0.668. The maximum Gasteiger partial charge on any atom is 0.338 e. The number of carbonyl (C=O) groups is 2. The second-order valence-electron chi connectivity index (χ2n) is 4.37. The first-order chi connectivity index (χ1) is 9.16. The van der Waals surface area contributed by atoms with Gasteiger partial charge in [0.15, 0.2) is 0 Å². The summed E-state index contributed by atoms with van der Waals surface area (Å²) < 4.78 is 5.37. The molecule has 3 N–H and O–H groups in total. The van der Waals surface area contributed by atoms with Crippen LogP contribution in [0.15, 0.2) is 11.4 Å². The summed E-state index contributed by atoms with van der Waals surface area (Å²) in [6, 6.07) is 1.04. The Bertz CT molecular complexity index is 456. The molecule has 0 radical (unpaired) electrons. The Hall–Kier alpha value is -1.60. The summed E-state index contributed by atoms with van der Waals surface area (Å²) in [6.45, 7) is 1.64. The molecule has 7 heteroatoms. The van der Waals surface area contributed by atoms with E-state index in [4.69, 9.17) is 9.84 Å². The van der Waals surface area contributed by atoms with E-state index < -0.39 is 12.0 Å². The van der Waals surface area contributed by atoms with Crippen LogP contribution in [0.2, 0.25) is 0 Å². The third-order valence-electron chi connectivity index (χ3n) is 2.71. The topological polar surface area (TPSA) is 87.7 Å². The van der Waals surface area contributed by atoms with Gasteiger partial charge in [-0.3, -0.25) is 5.32 Å². The van der Waals surface area contributed by atoms with Crippen molar-refractivity contribution in [3.8, 4) is 0 Å². The van der Waals surface area contributed by atoms with E-state index >= 15 is 0 Å². The molecule has 0 aromatic carbocycles. The van der Waals surface area contributed by atoms with Crippen molar-refractivity contribution < 1.29 is 19.4 Å². The van der Waals surface area contributed by atoms with Crippen molar-refractivity contribution >= 4 is 28.3 Å². The average molecular weight is 284 g/mol. The van der Waals surface area contributed by atoms with Crippen molar-refractivity contribution in [3.63, 3.8) is 0 Å². The molecule has 1 aromatic rings. The first-order valence-corrected chi connectivity index (χ1v) is 6.98. The van der Waals surface area contributed by atoms with E-state index in [0.717, 1.165) is 6.61 Å². The van der Waals surface area contributed by atoms with Gasteiger partial charge in [0.1, 0.15) is 5.00 Å². The molecular formula is C12H16N2O4S. The van der Waals surface area contributed by atoms with Crippen LogP contribution in [0.3, 0.4) is 0 Å². The largest absolute Gasteiger partial charge is 0.478 e. The van der Waals surface area contributed by atoms with Gasteiger partial charge in [-0.2, -0.15) is 0 Å². The molecule has 0 unspecified atom stereocenters. The molecule has 0 atom stereocenters. The SMILES string of the molecule is O=C(NCCOCC1CC1)Nc1sccc1C(=O)O. The van der Waals surface area contributed by atoms with Gasteiger partial charge in [0.05, 0.1) is 12.2 Å². The van der Waals surface area contributed by atoms with Gasteiger partial charge in [0.25, 0.3) is 0 Å². The number of amides is 2. The number of urea groups is 1. The Labute approximate surface area is 114 Å². The third kappa shape index (κ3) is 4.53. The fourth-order valence-electron chi connectivity index (χ4n) is 1.49. The summed E-state index contributed by atoms with van der Waals surface area (Å²) in [5, 5.41) is 16.0. The number of nitrogens with one attached hydrogen (secondary N) is 2. The summed E-state index contributed by atoms with van der Waals surface area (Å²) in [4.78, 5) is 22.4. The van der Waals surface area contributed by atoms with Crippen LogP contribution in [0.5, 0.6) is 0 Å². The minimum atomic E-state index is -1.05. The number of rotatable bonds is 7. The van der Waals surface area contributed by atoms with E-state index in [9.17, 15) is 9.59 Å². The van der Waals surface area contributed by atoms with E-state index in [1.54, 1.807) is 5.38 Å². The highest BCUT2D eigenvalue weighted by Gasteiger charge is 2.20. The number of carboxylic acids is 1. The standard InChI is InChI=1S/C12H16N2O4S/c15-11(16)9-3-6-19-10(9)14-12(17)13-4-5-18-7-8-1-2-8/h3,6,8H,1-2,4-5,7H2,(H,15,16)(H2,13,14,17). The Balaban J connectivity index is 1.65. The predicted octanol–water partition coefficient (Wildman–Crippen LogP) is 1.99. The van der Waals surface area contributed by atoms with Crippen molar-refractivity contribution in [1.82, 2.24) is 5.32 Å². The van der Waals surface area contributed by atoms with Gasteiger partial charge in [0, 0.05) is 13.2 Å². The highest BCUT2D eigenvalue weighted by molar-refractivity contribution is 7.14. The number of hydrogen-bond acceptors (Lipinski definition) is 4. The summed E-state index contributed by atoms with van der Waals surface area (Å²) in [5.74, 6) is -0.345. The molecule has 0 saturated heterocycles. The number of anilines is 1.